The number of benzene rings is 1. The van der Waals surface area contributed by atoms with Gasteiger partial charge in [-0.2, -0.15) is 8.42 Å². The van der Waals surface area contributed by atoms with Crippen molar-refractivity contribution in [1.82, 2.24) is 19.5 Å². The van der Waals surface area contributed by atoms with Gasteiger partial charge in [0.2, 0.25) is 0 Å². The number of nitrogens with two attached hydrogens (primary N) is 1. The fourth-order valence-corrected chi connectivity index (χ4v) is 4.57. The molecule has 1 aliphatic carbocycles. The molecule has 5 rings (SSSR count). The van der Waals surface area contributed by atoms with Crippen molar-refractivity contribution < 1.29 is 17.3 Å². The van der Waals surface area contributed by atoms with Gasteiger partial charge in [-0.1, -0.05) is 24.3 Å². The average molecular weight is 430 g/mol. The van der Waals surface area contributed by atoms with E-state index in [9.17, 15) is 8.42 Å². The van der Waals surface area contributed by atoms with Crippen LogP contribution in [-0.4, -0.2) is 40.6 Å². The summed E-state index contributed by atoms with van der Waals surface area (Å²) in [6.45, 7) is -0.106. The first-order valence-corrected chi connectivity index (χ1v) is 11.3. The zero-order valence-corrected chi connectivity index (χ0v) is 17.0. The molecule has 2 aliphatic rings. The Morgan fingerprint density at radius 1 is 1.20 bits per heavy atom. The van der Waals surface area contributed by atoms with Crippen LogP contribution in [0.15, 0.2) is 36.9 Å². The van der Waals surface area contributed by atoms with Crippen LogP contribution in [0.1, 0.15) is 42.7 Å². The molecule has 3 aromatic rings. The maximum atomic E-state index is 11.0. The molecule has 3 N–H and O–H groups in total. The van der Waals surface area contributed by atoms with Gasteiger partial charge in [0, 0.05) is 0 Å². The Morgan fingerprint density at radius 3 is 2.93 bits per heavy atom. The molecule has 1 saturated heterocycles. The summed E-state index contributed by atoms with van der Waals surface area (Å²) >= 11 is 0. The normalized spacial score (nSPS) is 23.7. The maximum Gasteiger partial charge on any atom is 0.333 e. The monoisotopic (exact) mass is 430 g/mol. The second-order valence-electron chi connectivity index (χ2n) is 7.55. The van der Waals surface area contributed by atoms with Crippen molar-refractivity contribution in [2.45, 2.75) is 44.1 Å². The molecule has 10 nitrogen and oxygen atoms in total. The standard InChI is InChI=1S/C19H22N6O4S/c20-30(26,27)28-9-13-6-8-16(29-13)25-11-23-17-18(21-10-22-19(17)25)24-15-7-5-12-3-1-2-4-14(12)15/h1-4,10-11,13,15-16H,5-9H2,(H2,20,26,27)(H,21,22,24)/t13-,15-,16+/m0/s1. The van der Waals surface area contributed by atoms with Crippen LogP contribution in [0.2, 0.25) is 0 Å². The van der Waals surface area contributed by atoms with Crippen molar-refractivity contribution >= 4 is 27.3 Å². The Hall–Kier alpha value is -2.60. The largest absolute Gasteiger partial charge is 0.361 e. The van der Waals surface area contributed by atoms with E-state index < -0.39 is 10.3 Å². The first-order valence-electron chi connectivity index (χ1n) is 9.82. The van der Waals surface area contributed by atoms with E-state index in [4.69, 9.17) is 9.88 Å². The van der Waals surface area contributed by atoms with Gasteiger partial charge in [0.05, 0.1) is 25.1 Å². The molecule has 3 heterocycles. The zero-order chi connectivity index (χ0) is 20.7. The van der Waals surface area contributed by atoms with Crippen LogP contribution < -0.4 is 10.5 Å². The van der Waals surface area contributed by atoms with Gasteiger partial charge in [-0.05, 0) is 36.8 Å². The highest BCUT2D eigenvalue weighted by Crippen LogP contribution is 2.35. The Balaban J connectivity index is 1.35. The predicted octanol–water partition coefficient (Wildman–Crippen LogP) is 1.82. The third-order valence-electron chi connectivity index (χ3n) is 5.62. The molecule has 11 heteroatoms. The van der Waals surface area contributed by atoms with Crippen LogP contribution in [0.3, 0.4) is 0 Å². The number of aryl methyl sites for hydroxylation is 1. The summed E-state index contributed by atoms with van der Waals surface area (Å²) < 4.78 is 34.4. The number of anilines is 1. The number of aromatic nitrogens is 4. The molecule has 30 heavy (non-hydrogen) atoms. The molecule has 0 bridgehead atoms. The molecule has 2 aromatic heterocycles. The molecule has 158 valence electrons. The molecular weight excluding hydrogens is 408 g/mol. The molecule has 3 atom stereocenters. The highest BCUT2D eigenvalue weighted by Gasteiger charge is 2.30. The number of rotatable bonds is 6. The van der Waals surface area contributed by atoms with Gasteiger partial charge >= 0.3 is 10.3 Å². The lowest BCUT2D eigenvalue weighted by Gasteiger charge is -2.16. The third-order valence-corrected chi connectivity index (χ3v) is 6.08. The number of ether oxygens (including phenoxy) is 1. The van der Waals surface area contributed by atoms with E-state index in [-0.39, 0.29) is 25.0 Å². The quantitative estimate of drug-likeness (QED) is 0.605. The smallest absolute Gasteiger partial charge is 0.333 e. The van der Waals surface area contributed by atoms with E-state index in [0.29, 0.717) is 29.8 Å². The Morgan fingerprint density at radius 2 is 2.07 bits per heavy atom. The van der Waals surface area contributed by atoms with Gasteiger partial charge in [0.15, 0.2) is 17.0 Å². The van der Waals surface area contributed by atoms with E-state index in [1.165, 1.54) is 17.5 Å². The number of nitrogens with one attached hydrogen (secondary N) is 1. The van der Waals surface area contributed by atoms with Crippen molar-refractivity contribution in [1.29, 1.82) is 0 Å². The van der Waals surface area contributed by atoms with Gasteiger partial charge in [-0.3, -0.25) is 8.75 Å². The summed E-state index contributed by atoms with van der Waals surface area (Å²) in [5.41, 5.74) is 3.99. The molecule has 0 amide bonds. The second-order valence-corrected chi connectivity index (χ2v) is 8.77. The van der Waals surface area contributed by atoms with E-state index in [1.807, 2.05) is 4.57 Å². The highest BCUT2D eigenvalue weighted by atomic mass is 32.2. The van der Waals surface area contributed by atoms with Gasteiger partial charge in [0.1, 0.15) is 12.6 Å². The lowest BCUT2D eigenvalue weighted by molar-refractivity contribution is -0.0149. The van der Waals surface area contributed by atoms with E-state index in [0.717, 1.165) is 12.8 Å². The predicted molar refractivity (Wildman–Crippen MR) is 109 cm³/mol. The molecule has 1 fully saturated rings. The van der Waals surface area contributed by atoms with Crippen LogP contribution in [0.4, 0.5) is 5.82 Å². The van der Waals surface area contributed by atoms with E-state index in [2.05, 4.69) is 48.7 Å². The average Bonchev–Trinajstić information content (AvgIpc) is 3.44. The van der Waals surface area contributed by atoms with Crippen LogP contribution in [-0.2, 0) is 25.6 Å². The van der Waals surface area contributed by atoms with Crippen molar-refractivity contribution in [3.63, 3.8) is 0 Å². The topological polar surface area (TPSA) is 134 Å². The van der Waals surface area contributed by atoms with Crippen molar-refractivity contribution in [2.75, 3.05) is 11.9 Å². The Kier molecular flexibility index (Phi) is 4.89. The summed E-state index contributed by atoms with van der Waals surface area (Å²) in [6.07, 6.45) is 5.90. The second kappa shape index (κ2) is 7.58. The van der Waals surface area contributed by atoms with Crippen LogP contribution in [0.5, 0.6) is 0 Å². The van der Waals surface area contributed by atoms with Gasteiger partial charge in [0.25, 0.3) is 0 Å². The lowest BCUT2D eigenvalue weighted by atomic mass is 10.1. The minimum atomic E-state index is -3.98. The van der Waals surface area contributed by atoms with E-state index >= 15 is 0 Å². The summed E-state index contributed by atoms with van der Waals surface area (Å²) in [5, 5.41) is 8.41. The third kappa shape index (κ3) is 3.76. The van der Waals surface area contributed by atoms with Crippen LogP contribution in [0, 0.1) is 0 Å². The molecule has 0 unspecified atom stereocenters. The fraction of sp³-hybridized carbons (Fsp3) is 0.421. The first-order chi connectivity index (χ1) is 14.5. The number of imidazole rings is 1. The minimum absolute atomic E-state index is 0.106. The molecule has 1 aliphatic heterocycles. The van der Waals surface area contributed by atoms with Gasteiger partial charge < -0.3 is 10.1 Å². The van der Waals surface area contributed by atoms with Crippen molar-refractivity contribution in [3.8, 4) is 0 Å². The SMILES string of the molecule is NS(=O)(=O)OC[C@@H]1CC[C@H](n2cnc3c(N[C@H]4CCc5ccccc54)ncnc32)O1. The Labute approximate surface area is 173 Å². The summed E-state index contributed by atoms with van der Waals surface area (Å²) in [5.74, 6) is 0.688. The van der Waals surface area contributed by atoms with Crippen LogP contribution in [0.25, 0.3) is 11.2 Å². The number of nitrogens with zero attached hydrogens (tertiary/aromatic N) is 4. The van der Waals surface area contributed by atoms with Crippen LogP contribution >= 0.6 is 0 Å². The Bertz CT molecular complexity index is 1180. The zero-order valence-electron chi connectivity index (χ0n) is 16.1. The molecule has 0 radical (unpaired) electrons. The molecular formula is C19H22N6O4S. The number of fused-ring (bicyclic) bond motifs is 2. The first kappa shape index (κ1) is 19.4. The maximum absolute atomic E-state index is 11.0. The number of hydrogen-bond acceptors (Lipinski definition) is 8. The summed E-state index contributed by atoms with van der Waals surface area (Å²) in [7, 11) is -3.98. The summed E-state index contributed by atoms with van der Waals surface area (Å²) in [4.78, 5) is 13.3. The fourth-order valence-electron chi connectivity index (χ4n) is 4.23. The van der Waals surface area contributed by atoms with Gasteiger partial charge in [-0.25, -0.2) is 20.1 Å². The molecule has 0 spiro atoms. The van der Waals surface area contributed by atoms with Crippen molar-refractivity contribution in [3.05, 3.63) is 48.0 Å². The van der Waals surface area contributed by atoms with Gasteiger partial charge in [-0.15, -0.1) is 0 Å². The molecule has 0 saturated carbocycles. The number of hydrogen-bond donors (Lipinski definition) is 2. The van der Waals surface area contributed by atoms with Crippen molar-refractivity contribution in [2.24, 2.45) is 5.14 Å². The summed E-state index contributed by atoms with van der Waals surface area (Å²) in [6, 6.07) is 8.61. The molecule has 1 aromatic carbocycles. The highest BCUT2D eigenvalue weighted by molar-refractivity contribution is 7.84. The van der Waals surface area contributed by atoms with E-state index in [1.54, 1.807) is 6.33 Å². The lowest BCUT2D eigenvalue weighted by Crippen LogP contribution is -2.23. The minimum Gasteiger partial charge on any atom is -0.361 e.